The van der Waals surface area contributed by atoms with Crippen molar-refractivity contribution >= 4 is 64.5 Å². The predicted octanol–water partition coefficient (Wildman–Crippen LogP) is -5.94. The minimum absolute atomic E-state index is 0.0163. The molecule has 1 saturated heterocycles. The van der Waals surface area contributed by atoms with E-state index >= 15 is 0 Å². The molecule has 1 aliphatic heterocycles. The van der Waals surface area contributed by atoms with Gasteiger partial charge in [0.15, 0.2) is 23.3 Å². The molecule has 0 bridgehead atoms. The molecule has 1 aliphatic rings. The number of aliphatic hydroxyl groups is 3. The molecule has 0 aliphatic carbocycles. The van der Waals surface area contributed by atoms with Crippen LogP contribution in [0.2, 0.25) is 0 Å². The average molecular weight is 1280 g/mol. The summed E-state index contributed by atoms with van der Waals surface area (Å²) in [6.45, 7) is 0.562. The number of guanidine groups is 1. The normalized spacial score (nSPS) is 16.6. The van der Waals surface area contributed by atoms with E-state index in [9.17, 15) is 63.3 Å². The second-order valence-corrected chi connectivity index (χ2v) is 22.7. The lowest BCUT2D eigenvalue weighted by atomic mass is 9.90. The van der Waals surface area contributed by atoms with Gasteiger partial charge in [0.2, 0.25) is 35.4 Å². The summed E-state index contributed by atoms with van der Waals surface area (Å²) in [6.07, 6.45) is 2.23. The topological polar surface area (TPSA) is 596 Å². The van der Waals surface area contributed by atoms with Gasteiger partial charge in [0.25, 0.3) is 0 Å². The summed E-state index contributed by atoms with van der Waals surface area (Å²) in [5.41, 5.74) is 57.2. The van der Waals surface area contributed by atoms with E-state index in [4.69, 9.17) is 57.3 Å². The highest BCUT2D eigenvalue weighted by atomic mass is 16.3. The van der Waals surface area contributed by atoms with Crippen LogP contribution in [0, 0.1) is 17.8 Å². The Labute approximate surface area is 526 Å². The van der Waals surface area contributed by atoms with Crippen LogP contribution >= 0.6 is 0 Å². The molecule has 0 radical (unpaired) electrons. The summed E-state index contributed by atoms with van der Waals surface area (Å²) < 4.78 is 0. The number of carbonyl (C=O) groups excluding carboxylic acids is 10. The molecule has 1 fully saturated rings. The lowest BCUT2D eigenvalue weighted by Gasteiger charge is -2.30. The predicted molar refractivity (Wildman–Crippen MR) is 336 cm³/mol. The van der Waals surface area contributed by atoms with E-state index in [1.807, 2.05) is 0 Å². The van der Waals surface area contributed by atoms with Gasteiger partial charge in [-0.3, -0.25) is 52.9 Å². The fourth-order valence-electron chi connectivity index (χ4n) is 10.2. The summed E-state index contributed by atoms with van der Waals surface area (Å²) >= 11 is 0. The average Bonchev–Trinajstić information content (AvgIpc) is 2.13. The van der Waals surface area contributed by atoms with E-state index in [2.05, 4.69) is 41.5 Å². The monoisotopic (exact) mass is 1280 g/mol. The number of hydrogen-bond acceptors (Lipinski definition) is 23. The number of carbonyl (C=O) groups is 10. The van der Waals surface area contributed by atoms with Crippen molar-refractivity contribution in [3.63, 3.8) is 0 Å². The third-order valence-corrected chi connectivity index (χ3v) is 15.6. The van der Waals surface area contributed by atoms with Gasteiger partial charge in [-0.25, -0.2) is 4.98 Å². The van der Waals surface area contributed by atoms with Gasteiger partial charge >= 0.3 is 0 Å². The number of aliphatic imine (C=N–C) groups is 1. The highest BCUT2D eigenvalue weighted by Gasteiger charge is 2.40. The van der Waals surface area contributed by atoms with E-state index in [0.29, 0.717) is 70.3 Å². The molecule has 0 aromatic carbocycles. The van der Waals surface area contributed by atoms with Crippen LogP contribution in [0.25, 0.3) is 0 Å². The number of nitrogens with two attached hydrogens (primary N) is 10. The van der Waals surface area contributed by atoms with Crippen LogP contribution in [0.15, 0.2) is 29.3 Å². The van der Waals surface area contributed by atoms with E-state index in [-0.39, 0.29) is 109 Å². The molecular weight excluding hydrogens is 1170 g/mol. The second kappa shape index (κ2) is 44.7. The van der Waals surface area contributed by atoms with Crippen LogP contribution in [-0.2, 0) is 54.4 Å². The summed E-state index contributed by atoms with van der Waals surface area (Å²) in [6, 6.07) is -6.34. The largest absolute Gasteiger partial charge is 0.392 e. The number of Topliss-reactive ketones (excluding diaryl/α,β-unsaturated/α-hetero) is 4. The van der Waals surface area contributed by atoms with Crippen LogP contribution in [0.4, 0.5) is 0 Å². The van der Waals surface area contributed by atoms with Crippen molar-refractivity contribution in [1.82, 2.24) is 41.5 Å². The molecule has 510 valence electrons. The zero-order valence-electron chi connectivity index (χ0n) is 52.0. The fourth-order valence-corrected chi connectivity index (χ4v) is 10.2. The van der Waals surface area contributed by atoms with Gasteiger partial charge < -0.3 is 109 Å². The fraction of sp³-hybridized carbons (Fsp3) is 0.724. The van der Waals surface area contributed by atoms with Crippen molar-refractivity contribution in [3.8, 4) is 0 Å². The molecule has 6 amide bonds. The van der Waals surface area contributed by atoms with Gasteiger partial charge in [0.05, 0.1) is 48.3 Å². The number of aliphatic hydroxyl groups excluding tert-OH is 3. The number of rotatable bonds is 50. The number of likely N-dealkylation sites (tertiary alicyclic amines) is 1. The molecule has 11 atom stereocenters. The minimum Gasteiger partial charge on any atom is -0.392 e. The van der Waals surface area contributed by atoms with E-state index in [1.165, 1.54) is 23.5 Å². The summed E-state index contributed by atoms with van der Waals surface area (Å²) in [5.74, 6) is -10.6. The highest BCUT2D eigenvalue weighted by Crippen LogP contribution is 2.24. The Bertz CT molecular complexity index is 2450. The molecule has 1 aromatic heterocycles. The molecular formula is C58H105N19O13. The summed E-state index contributed by atoms with van der Waals surface area (Å²) in [7, 11) is 0. The number of nitrogens with one attached hydrogen (secondary N) is 6. The zero-order valence-corrected chi connectivity index (χ0v) is 52.0. The molecule has 32 heteroatoms. The SMILES string of the molecule is NCCCCNC(=O)C(CCC(O)CN)CC(=O)/C(=C/CCN=C(N)N)NC(=O)C(CCCCN)CC(=O)C(Cc1cnc[nH]1)NC(=O)C1CCCN1C(=O)C(CCCN)NC(=O)CCC(=O)C(NC(=O)C(CC(=O)C(N)CCCCN)C(O)CN)C(O)CN. The molecule has 1 aromatic rings. The van der Waals surface area contributed by atoms with Crippen molar-refractivity contribution in [2.75, 3.05) is 65.4 Å². The van der Waals surface area contributed by atoms with Gasteiger partial charge in [0, 0.05) is 102 Å². The number of unbranched alkanes of at least 4 members (excludes halogenated alkanes) is 3. The molecule has 90 heavy (non-hydrogen) atoms. The number of allylic oxidation sites excluding steroid dienone is 1. The molecule has 0 spiro atoms. The summed E-state index contributed by atoms with van der Waals surface area (Å²) in [4.78, 5) is 152. The van der Waals surface area contributed by atoms with Crippen LogP contribution in [0.3, 0.4) is 0 Å². The Balaban J connectivity index is 2.40. The second-order valence-electron chi connectivity index (χ2n) is 22.7. The molecule has 2 rings (SSSR count). The van der Waals surface area contributed by atoms with Crippen molar-refractivity contribution in [1.29, 1.82) is 0 Å². The maximum atomic E-state index is 14.7. The van der Waals surface area contributed by atoms with Gasteiger partial charge in [-0.05, 0) is 110 Å². The van der Waals surface area contributed by atoms with Crippen LogP contribution in [0.1, 0.15) is 134 Å². The maximum absolute atomic E-state index is 14.7. The van der Waals surface area contributed by atoms with Crippen molar-refractivity contribution in [2.24, 2.45) is 80.1 Å². The first-order chi connectivity index (χ1) is 43.0. The highest BCUT2D eigenvalue weighted by molar-refractivity contribution is 6.02. The third-order valence-electron chi connectivity index (χ3n) is 15.6. The maximum Gasteiger partial charge on any atom is 0.245 e. The lowest BCUT2D eigenvalue weighted by Crippen LogP contribution is -2.56. The molecule has 2 heterocycles. The van der Waals surface area contributed by atoms with Gasteiger partial charge in [-0.15, -0.1) is 0 Å². The van der Waals surface area contributed by atoms with E-state index in [1.54, 1.807) is 0 Å². The number of amides is 6. The van der Waals surface area contributed by atoms with Crippen molar-refractivity contribution < 1.29 is 63.3 Å². The first kappa shape index (κ1) is 79.4. The zero-order chi connectivity index (χ0) is 67.1. The number of hydrogen-bond donors (Lipinski definition) is 19. The van der Waals surface area contributed by atoms with Crippen molar-refractivity contribution in [2.45, 2.75) is 183 Å². The Hall–Kier alpha value is -6.72. The van der Waals surface area contributed by atoms with E-state index < -0.39 is 164 Å². The number of imidazole rings is 1. The third kappa shape index (κ3) is 29.5. The van der Waals surface area contributed by atoms with Crippen LogP contribution in [0.5, 0.6) is 0 Å². The number of H-pyrrole nitrogens is 1. The van der Waals surface area contributed by atoms with Crippen molar-refractivity contribution in [3.05, 3.63) is 30.0 Å². The van der Waals surface area contributed by atoms with E-state index in [0.717, 1.165) is 0 Å². The molecule has 0 saturated carbocycles. The smallest absolute Gasteiger partial charge is 0.245 e. The Morgan fingerprint density at radius 3 is 1.96 bits per heavy atom. The first-order valence-corrected chi connectivity index (χ1v) is 31.3. The first-order valence-electron chi connectivity index (χ1n) is 31.3. The summed E-state index contributed by atoms with van der Waals surface area (Å²) in [5, 5.41) is 45.0. The van der Waals surface area contributed by atoms with Crippen LogP contribution < -0.4 is 83.9 Å². The lowest BCUT2D eigenvalue weighted by molar-refractivity contribution is -0.142. The molecule has 29 N–H and O–H groups in total. The standard InChI is InChI=1S/C58H105N19O13/c59-19-3-1-10-35(54(87)74-41(13-8-24-71-58(67)68)47(81)27-36(15-16-38(78)30-63)53(86)70-23-6-5-21-61)26-48(82)43(28-37-33-69-34-72-37)75-56(89)44-14-9-25-77(44)57(90)42(12-7-22-62)73-51(85)18-17-45(79)52(50(84)32-65)76-55(88)39(49(83)31-64)29-46(80)40(66)11-2-4-20-60/h13,33-36,38-40,42-44,49-50,52,78,83-84H,1-12,14-32,59-66H2,(H,69,72)(H,70,86)(H,73,85)(H,74,87)(H,75,89)(H,76,88)(H4,67,68,71)/b41-13-. The number of nitrogens with zero attached hydrogens (tertiary/aromatic N) is 3. The quantitative estimate of drug-likeness (QED) is 0.0125. The Morgan fingerprint density at radius 1 is 0.678 bits per heavy atom. The molecule has 32 nitrogen and oxygen atoms in total. The number of ketones is 4. The number of aromatic nitrogens is 2. The van der Waals surface area contributed by atoms with Crippen LogP contribution in [-0.4, -0.2) is 209 Å². The Kier molecular flexibility index (Phi) is 39.4. The molecule has 11 unspecified atom stereocenters. The van der Waals surface area contributed by atoms with Gasteiger partial charge in [-0.1, -0.05) is 18.9 Å². The van der Waals surface area contributed by atoms with Gasteiger partial charge in [0.1, 0.15) is 23.9 Å². The Morgan fingerprint density at radius 2 is 1.33 bits per heavy atom. The van der Waals surface area contributed by atoms with Gasteiger partial charge in [-0.2, -0.15) is 0 Å². The minimum atomic E-state index is -1.69. The number of aromatic amines is 1.